The number of rotatable bonds is 2. The van der Waals surface area contributed by atoms with Crippen LogP contribution >= 0.6 is 0 Å². The van der Waals surface area contributed by atoms with Crippen molar-refractivity contribution < 1.29 is 0 Å². The number of hydrogen-bond acceptors (Lipinski definition) is 3. The van der Waals surface area contributed by atoms with Gasteiger partial charge in [-0.3, -0.25) is 0 Å². The van der Waals surface area contributed by atoms with Crippen LogP contribution in [0.1, 0.15) is 5.56 Å². The van der Waals surface area contributed by atoms with Gasteiger partial charge in [0.15, 0.2) is 0 Å². The Balaban J connectivity index is 2.64. The monoisotopic (exact) mass is 227 g/mol. The molecule has 5 heteroatoms. The first-order chi connectivity index (χ1) is 5.79. The molecule has 1 radical (unpaired) electrons. The van der Waals surface area contributed by atoms with Crippen molar-refractivity contribution in [3.05, 3.63) is 30.1 Å². The van der Waals surface area contributed by atoms with Crippen molar-refractivity contribution >= 4 is 27.0 Å². The van der Waals surface area contributed by atoms with Gasteiger partial charge in [0.1, 0.15) is 0 Å². The van der Waals surface area contributed by atoms with Crippen molar-refractivity contribution in [1.29, 1.82) is 0 Å². The number of amidine groups is 1. The molecule has 0 aliphatic rings. The molecule has 0 aromatic carbocycles. The summed E-state index contributed by atoms with van der Waals surface area (Å²) in [6.45, 7) is 0. The molecule has 0 atom stereocenters. The summed E-state index contributed by atoms with van der Waals surface area (Å²) in [6.07, 6.45) is 4.97. The predicted molar refractivity (Wildman–Crippen MR) is 49.2 cm³/mol. The Morgan fingerprint density at radius 1 is 1.67 bits per heavy atom. The number of pyridine rings is 1. The SMILES string of the molecule is NC([Se])=NN=Cc1cccnc1. The Hall–Kier alpha value is -1.19. The molecule has 4 nitrogen and oxygen atoms in total. The fourth-order valence-corrected chi connectivity index (χ4v) is 0.704. The molecule has 0 saturated carbocycles. The van der Waals surface area contributed by atoms with Crippen LogP contribution in [-0.4, -0.2) is 31.9 Å². The average molecular weight is 226 g/mol. The molecule has 12 heavy (non-hydrogen) atoms. The van der Waals surface area contributed by atoms with Crippen LogP contribution in [0, 0.1) is 0 Å². The first-order valence-corrected chi connectivity index (χ1v) is 4.08. The third kappa shape index (κ3) is 3.27. The molecule has 0 unspecified atom stereocenters. The van der Waals surface area contributed by atoms with Crippen LogP contribution in [-0.2, 0) is 0 Å². The van der Waals surface area contributed by atoms with Gasteiger partial charge in [0.2, 0.25) is 0 Å². The molecule has 0 saturated heterocycles. The van der Waals surface area contributed by atoms with Gasteiger partial charge in [-0.05, 0) is 0 Å². The fourth-order valence-electron chi connectivity index (χ4n) is 0.605. The summed E-state index contributed by atoms with van der Waals surface area (Å²) >= 11 is 2.52. The quantitative estimate of drug-likeness (QED) is 0.331. The summed E-state index contributed by atoms with van der Waals surface area (Å²) in [6, 6.07) is 3.70. The first-order valence-electron chi connectivity index (χ1n) is 3.22. The van der Waals surface area contributed by atoms with E-state index in [0.717, 1.165) is 5.56 Å². The molecular weight excluding hydrogens is 219 g/mol. The molecule has 1 aromatic rings. The van der Waals surface area contributed by atoms with Crippen molar-refractivity contribution in [3.63, 3.8) is 0 Å². The van der Waals surface area contributed by atoms with Gasteiger partial charge in [0, 0.05) is 0 Å². The van der Waals surface area contributed by atoms with E-state index in [1.165, 1.54) is 0 Å². The van der Waals surface area contributed by atoms with Crippen molar-refractivity contribution in [2.24, 2.45) is 15.9 Å². The van der Waals surface area contributed by atoms with E-state index < -0.39 is 0 Å². The van der Waals surface area contributed by atoms with E-state index >= 15 is 0 Å². The molecule has 1 aromatic heterocycles. The van der Waals surface area contributed by atoms with Crippen molar-refractivity contribution in [2.75, 3.05) is 0 Å². The van der Waals surface area contributed by atoms with E-state index in [9.17, 15) is 0 Å². The van der Waals surface area contributed by atoms with Gasteiger partial charge in [-0.1, -0.05) is 0 Å². The van der Waals surface area contributed by atoms with E-state index in [0.29, 0.717) is 4.73 Å². The molecule has 61 valence electrons. The minimum atomic E-state index is 0.315. The summed E-state index contributed by atoms with van der Waals surface area (Å²) in [7, 11) is 0. The van der Waals surface area contributed by atoms with Crippen LogP contribution < -0.4 is 5.73 Å². The summed E-state index contributed by atoms with van der Waals surface area (Å²) in [5.74, 6) is 0. The Morgan fingerprint density at radius 2 is 2.50 bits per heavy atom. The van der Waals surface area contributed by atoms with Crippen molar-refractivity contribution in [2.45, 2.75) is 0 Å². The number of aromatic nitrogens is 1. The van der Waals surface area contributed by atoms with Gasteiger partial charge >= 0.3 is 78.0 Å². The normalized spacial score (nSPS) is 12.2. The third-order valence-corrected chi connectivity index (χ3v) is 1.22. The molecule has 2 N–H and O–H groups in total. The standard InChI is InChI=1S/C7H7N4Se/c8-7(12)11-10-5-6-2-1-3-9-4-6/h1-5H,(H2,8,11). The Kier molecular flexibility index (Phi) is 3.44. The minimum absolute atomic E-state index is 0.315. The van der Waals surface area contributed by atoms with Crippen LogP contribution in [0.5, 0.6) is 0 Å². The first kappa shape index (κ1) is 8.90. The zero-order chi connectivity index (χ0) is 8.81. The second-order valence-corrected chi connectivity index (χ2v) is 2.85. The van der Waals surface area contributed by atoms with E-state index in [1.807, 2.05) is 12.1 Å². The maximum absolute atomic E-state index is 5.22. The maximum atomic E-state index is 5.22. The van der Waals surface area contributed by atoms with Crippen LogP contribution in [0.4, 0.5) is 0 Å². The number of nitrogens with two attached hydrogens (primary N) is 1. The third-order valence-electron chi connectivity index (χ3n) is 1.05. The Bertz CT molecular complexity index is 290. The zero-order valence-corrected chi connectivity index (χ0v) is 7.93. The average Bonchev–Trinajstić information content (AvgIpc) is 2.05. The molecule has 0 fully saturated rings. The van der Waals surface area contributed by atoms with Gasteiger partial charge < -0.3 is 0 Å². The molecule has 0 aliphatic heterocycles. The van der Waals surface area contributed by atoms with Gasteiger partial charge in [0.05, 0.1) is 0 Å². The van der Waals surface area contributed by atoms with Crippen molar-refractivity contribution in [3.8, 4) is 0 Å². The molecule has 0 bridgehead atoms. The topological polar surface area (TPSA) is 63.6 Å². The molecule has 0 spiro atoms. The summed E-state index contributed by atoms with van der Waals surface area (Å²) in [4.78, 5) is 3.90. The summed E-state index contributed by atoms with van der Waals surface area (Å²) in [5, 5.41) is 7.31. The van der Waals surface area contributed by atoms with Crippen LogP contribution in [0.2, 0.25) is 0 Å². The van der Waals surface area contributed by atoms with E-state index in [4.69, 9.17) is 5.73 Å². The summed E-state index contributed by atoms with van der Waals surface area (Å²) in [5.41, 5.74) is 6.11. The number of nitrogens with zero attached hydrogens (tertiary/aromatic N) is 3. The molecule has 1 rings (SSSR count). The molecule has 0 amide bonds. The number of hydrogen-bond donors (Lipinski definition) is 1. The second kappa shape index (κ2) is 4.64. The summed E-state index contributed by atoms with van der Waals surface area (Å²) < 4.78 is 0.315. The predicted octanol–water partition coefficient (Wildman–Crippen LogP) is -0.101. The van der Waals surface area contributed by atoms with E-state index in [-0.39, 0.29) is 0 Å². The van der Waals surface area contributed by atoms with Crippen LogP contribution in [0.25, 0.3) is 0 Å². The second-order valence-electron chi connectivity index (χ2n) is 1.97. The fraction of sp³-hybridized carbons (Fsp3) is 0. The van der Waals surface area contributed by atoms with Gasteiger partial charge in [-0.2, -0.15) is 0 Å². The van der Waals surface area contributed by atoms with Crippen LogP contribution in [0.15, 0.2) is 34.7 Å². The Labute approximate surface area is 78.4 Å². The van der Waals surface area contributed by atoms with Gasteiger partial charge in [0.25, 0.3) is 0 Å². The Morgan fingerprint density at radius 3 is 3.08 bits per heavy atom. The van der Waals surface area contributed by atoms with Gasteiger partial charge in [-0.15, -0.1) is 0 Å². The van der Waals surface area contributed by atoms with Crippen LogP contribution in [0.3, 0.4) is 0 Å². The molecular formula is C7H7N4Se. The van der Waals surface area contributed by atoms with E-state index in [1.54, 1.807) is 18.6 Å². The zero-order valence-electron chi connectivity index (χ0n) is 6.21. The molecule has 1 heterocycles. The van der Waals surface area contributed by atoms with Crippen molar-refractivity contribution in [1.82, 2.24) is 4.98 Å². The van der Waals surface area contributed by atoms with E-state index in [2.05, 4.69) is 31.2 Å². The molecule has 0 aliphatic carbocycles. The van der Waals surface area contributed by atoms with Gasteiger partial charge in [-0.25, -0.2) is 0 Å².